The zero-order chi connectivity index (χ0) is 9.68. The Hall–Kier alpha value is -1.06. The number of amides is 1. The molecule has 0 aliphatic rings. The van der Waals surface area contributed by atoms with Crippen molar-refractivity contribution in [1.29, 1.82) is 0 Å². The van der Waals surface area contributed by atoms with Gasteiger partial charge in [-0.05, 0) is 11.6 Å². The van der Waals surface area contributed by atoms with E-state index in [2.05, 4.69) is 5.32 Å². The number of carbonyl (C=O) groups excluding carboxylic acids is 1. The summed E-state index contributed by atoms with van der Waals surface area (Å²) in [5, 5.41) is 11.6. The third-order valence-electron chi connectivity index (χ3n) is 1.58. The van der Waals surface area contributed by atoms with Crippen molar-refractivity contribution in [2.45, 2.75) is 6.54 Å². The van der Waals surface area contributed by atoms with E-state index in [1.165, 1.54) is 0 Å². The summed E-state index contributed by atoms with van der Waals surface area (Å²) in [6, 6.07) is 7.23. The lowest BCUT2D eigenvalue weighted by molar-refractivity contribution is -0.123. The Balaban J connectivity index is 2.54. The molecule has 0 atom stereocenters. The van der Waals surface area contributed by atoms with Crippen molar-refractivity contribution in [3.05, 3.63) is 34.9 Å². The summed E-state index contributed by atoms with van der Waals surface area (Å²) in [5.41, 5.74) is 0.839. The van der Waals surface area contributed by atoms with Crippen molar-refractivity contribution in [3.8, 4) is 0 Å². The third-order valence-corrected chi connectivity index (χ3v) is 1.95. The molecular weight excluding hydrogens is 190 g/mol. The minimum absolute atomic E-state index is 0.346. The van der Waals surface area contributed by atoms with Gasteiger partial charge in [-0.25, -0.2) is 0 Å². The molecule has 0 aliphatic carbocycles. The van der Waals surface area contributed by atoms with Crippen LogP contribution < -0.4 is 5.32 Å². The van der Waals surface area contributed by atoms with E-state index in [1.54, 1.807) is 6.07 Å². The first-order valence-corrected chi connectivity index (χ1v) is 4.23. The van der Waals surface area contributed by atoms with Crippen LogP contribution in [0.4, 0.5) is 0 Å². The second-order valence-electron chi connectivity index (χ2n) is 2.53. The molecule has 0 spiro atoms. The van der Waals surface area contributed by atoms with Gasteiger partial charge in [-0.3, -0.25) is 4.79 Å². The Kier molecular flexibility index (Phi) is 3.73. The Morgan fingerprint density at radius 1 is 1.46 bits per heavy atom. The molecule has 0 unspecified atom stereocenters. The zero-order valence-corrected chi connectivity index (χ0v) is 7.71. The number of halogens is 1. The molecule has 1 rings (SSSR count). The van der Waals surface area contributed by atoms with Crippen molar-refractivity contribution >= 4 is 17.5 Å². The van der Waals surface area contributed by atoms with Gasteiger partial charge in [0.1, 0.15) is 6.61 Å². The quantitative estimate of drug-likeness (QED) is 0.762. The summed E-state index contributed by atoms with van der Waals surface area (Å²) in [7, 11) is 0. The summed E-state index contributed by atoms with van der Waals surface area (Å²) < 4.78 is 0. The Morgan fingerprint density at radius 3 is 2.77 bits per heavy atom. The fraction of sp³-hybridized carbons (Fsp3) is 0.222. The van der Waals surface area contributed by atoms with Gasteiger partial charge in [0, 0.05) is 11.6 Å². The molecule has 0 radical (unpaired) electrons. The first-order valence-electron chi connectivity index (χ1n) is 3.85. The standard InChI is InChI=1S/C9H10ClNO2/c10-8-4-2-1-3-7(8)5-11-9(13)6-12/h1-4,12H,5-6H2,(H,11,13). The number of rotatable bonds is 3. The van der Waals surface area contributed by atoms with Crippen LogP contribution in [0.1, 0.15) is 5.56 Å². The molecule has 3 nitrogen and oxygen atoms in total. The van der Waals surface area contributed by atoms with E-state index < -0.39 is 12.5 Å². The van der Waals surface area contributed by atoms with Crippen LogP contribution >= 0.6 is 11.6 Å². The van der Waals surface area contributed by atoms with Crippen molar-refractivity contribution < 1.29 is 9.90 Å². The predicted molar refractivity (Wildman–Crippen MR) is 50.4 cm³/mol. The van der Waals surface area contributed by atoms with E-state index in [9.17, 15) is 4.79 Å². The average molecular weight is 200 g/mol. The topological polar surface area (TPSA) is 49.3 Å². The maximum atomic E-state index is 10.7. The molecule has 0 aliphatic heterocycles. The highest BCUT2D eigenvalue weighted by molar-refractivity contribution is 6.31. The molecule has 1 aromatic rings. The van der Waals surface area contributed by atoms with Gasteiger partial charge in [-0.15, -0.1) is 0 Å². The molecule has 0 saturated heterocycles. The summed E-state index contributed by atoms with van der Waals surface area (Å²) in [5.74, 6) is -0.403. The molecule has 1 aromatic carbocycles. The Labute approximate surface area is 81.3 Å². The molecular formula is C9H10ClNO2. The predicted octanol–water partition coefficient (Wildman–Crippen LogP) is 0.948. The van der Waals surface area contributed by atoms with Crippen molar-refractivity contribution in [2.75, 3.05) is 6.61 Å². The summed E-state index contributed by atoms with van der Waals surface area (Å²) in [6.45, 7) is -0.149. The number of aliphatic hydroxyl groups excluding tert-OH is 1. The van der Waals surface area contributed by atoms with E-state index >= 15 is 0 Å². The van der Waals surface area contributed by atoms with E-state index in [0.717, 1.165) is 5.56 Å². The van der Waals surface area contributed by atoms with E-state index in [0.29, 0.717) is 11.6 Å². The van der Waals surface area contributed by atoms with Gasteiger partial charge in [-0.2, -0.15) is 0 Å². The zero-order valence-electron chi connectivity index (χ0n) is 6.96. The van der Waals surface area contributed by atoms with Crippen LogP contribution in [-0.4, -0.2) is 17.6 Å². The molecule has 4 heteroatoms. The highest BCUT2D eigenvalue weighted by Crippen LogP contribution is 2.13. The molecule has 0 fully saturated rings. The van der Waals surface area contributed by atoms with Crippen LogP contribution in [-0.2, 0) is 11.3 Å². The summed E-state index contributed by atoms with van der Waals surface area (Å²) in [4.78, 5) is 10.7. The SMILES string of the molecule is O=C(CO)NCc1ccccc1Cl. The number of nitrogens with one attached hydrogen (secondary N) is 1. The van der Waals surface area contributed by atoms with Crippen molar-refractivity contribution in [1.82, 2.24) is 5.32 Å². The van der Waals surface area contributed by atoms with Crippen LogP contribution in [0.2, 0.25) is 5.02 Å². The average Bonchev–Trinajstić information content (AvgIpc) is 2.16. The normalized spacial score (nSPS) is 9.69. The highest BCUT2D eigenvalue weighted by atomic mass is 35.5. The number of hydrogen-bond acceptors (Lipinski definition) is 2. The van der Waals surface area contributed by atoms with Gasteiger partial charge in [0.15, 0.2) is 0 Å². The van der Waals surface area contributed by atoms with Crippen LogP contribution in [0.5, 0.6) is 0 Å². The second kappa shape index (κ2) is 4.84. The molecule has 2 N–H and O–H groups in total. The minimum atomic E-state index is -0.496. The monoisotopic (exact) mass is 199 g/mol. The maximum absolute atomic E-state index is 10.7. The minimum Gasteiger partial charge on any atom is -0.387 e. The number of benzene rings is 1. The second-order valence-corrected chi connectivity index (χ2v) is 2.93. The van der Waals surface area contributed by atoms with Crippen LogP contribution in [0.3, 0.4) is 0 Å². The summed E-state index contributed by atoms with van der Waals surface area (Å²) in [6.07, 6.45) is 0. The van der Waals surface area contributed by atoms with Gasteiger partial charge in [0.25, 0.3) is 0 Å². The smallest absolute Gasteiger partial charge is 0.245 e. The lowest BCUT2D eigenvalue weighted by Gasteiger charge is -2.04. The van der Waals surface area contributed by atoms with E-state index in [-0.39, 0.29) is 0 Å². The molecule has 0 saturated carbocycles. The van der Waals surface area contributed by atoms with Crippen molar-refractivity contribution in [2.24, 2.45) is 0 Å². The Bertz CT molecular complexity index is 301. The van der Waals surface area contributed by atoms with Crippen LogP contribution in [0, 0.1) is 0 Å². The van der Waals surface area contributed by atoms with E-state index in [1.807, 2.05) is 18.2 Å². The van der Waals surface area contributed by atoms with Crippen LogP contribution in [0.15, 0.2) is 24.3 Å². The van der Waals surface area contributed by atoms with E-state index in [4.69, 9.17) is 16.7 Å². The van der Waals surface area contributed by atoms with Gasteiger partial charge in [0.2, 0.25) is 5.91 Å². The molecule has 1 amide bonds. The maximum Gasteiger partial charge on any atom is 0.245 e. The van der Waals surface area contributed by atoms with Gasteiger partial charge >= 0.3 is 0 Å². The lowest BCUT2D eigenvalue weighted by atomic mass is 10.2. The van der Waals surface area contributed by atoms with Gasteiger partial charge < -0.3 is 10.4 Å². The van der Waals surface area contributed by atoms with Crippen molar-refractivity contribution in [3.63, 3.8) is 0 Å². The lowest BCUT2D eigenvalue weighted by Crippen LogP contribution is -2.25. The first kappa shape index (κ1) is 10.0. The molecule has 13 heavy (non-hydrogen) atoms. The molecule has 0 bridgehead atoms. The molecule has 70 valence electrons. The third kappa shape index (κ3) is 3.05. The molecule has 0 aromatic heterocycles. The number of hydrogen-bond donors (Lipinski definition) is 2. The highest BCUT2D eigenvalue weighted by Gasteiger charge is 2.00. The molecule has 0 heterocycles. The number of carbonyl (C=O) groups is 1. The number of aliphatic hydroxyl groups is 1. The summed E-state index contributed by atoms with van der Waals surface area (Å²) >= 11 is 5.84. The largest absolute Gasteiger partial charge is 0.387 e. The van der Waals surface area contributed by atoms with Gasteiger partial charge in [-0.1, -0.05) is 29.8 Å². The Morgan fingerprint density at radius 2 is 2.15 bits per heavy atom. The fourth-order valence-corrected chi connectivity index (χ4v) is 1.09. The first-order chi connectivity index (χ1) is 6.24. The fourth-order valence-electron chi connectivity index (χ4n) is 0.891. The van der Waals surface area contributed by atoms with Crippen LogP contribution in [0.25, 0.3) is 0 Å². The van der Waals surface area contributed by atoms with Gasteiger partial charge in [0.05, 0.1) is 0 Å².